The first kappa shape index (κ1) is 17.6. The number of amides is 1. The van der Waals surface area contributed by atoms with Crippen LogP contribution >= 0.6 is 0 Å². The van der Waals surface area contributed by atoms with Crippen LogP contribution in [0.15, 0.2) is 53.7 Å². The summed E-state index contributed by atoms with van der Waals surface area (Å²) in [7, 11) is -3.48. The van der Waals surface area contributed by atoms with Gasteiger partial charge in [-0.25, -0.2) is 8.42 Å². The van der Waals surface area contributed by atoms with Gasteiger partial charge in [0.25, 0.3) is 5.91 Å². The number of piperidine rings is 1. The maximum Gasteiger partial charge on any atom is 0.255 e. The minimum Gasteiger partial charge on any atom is -0.322 e. The van der Waals surface area contributed by atoms with E-state index in [0.29, 0.717) is 30.3 Å². The van der Waals surface area contributed by atoms with E-state index in [9.17, 15) is 13.2 Å². The second kappa shape index (κ2) is 7.33. The molecule has 1 aliphatic rings. The van der Waals surface area contributed by atoms with Crippen molar-refractivity contribution < 1.29 is 13.2 Å². The van der Waals surface area contributed by atoms with E-state index in [4.69, 9.17) is 0 Å². The SMILES string of the molecule is CC1CCCN(S(=O)(=O)c2ccc(NC(=O)c3ccncc3)cc2)C1. The van der Waals surface area contributed by atoms with Gasteiger partial charge in [0.05, 0.1) is 4.90 Å². The highest BCUT2D eigenvalue weighted by Gasteiger charge is 2.28. The van der Waals surface area contributed by atoms with Crippen LogP contribution in [-0.4, -0.2) is 36.7 Å². The molecule has 0 saturated carbocycles. The zero-order chi connectivity index (χ0) is 17.9. The molecule has 3 rings (SSSR count). The van der Waals surface area contributed by atoms with Gasteiger partial charge in [0.15, 0.2) is 0 Å². The summed E-state index contributed by atoms with van der Waals surface area (Å²) >= 11 is 0. The summed E-state index contributed by atoms with van der Waals surface area (Å²) in [6.07, 6.45) is 5.04. The lowest BCUT2D eigenvalue weighted by Gasteiger charge is -2.30. The summed E-state index contributed by atoms with van der Waals surface area (Å²) in [5.41, 5.74) is 1.04. The average Bonchev–Trinajstić information content (AvgIpc) is 2.63. The second-order valence-electron chi connectivity index (χ2n) is 6.32. The van der Waals surface area contributed by atoms with E-state index in [1.54, 1.807) is 41.0 Å². The summed E-state index contributed by atoms with van der Waals surface area (Å²) in [5.74, 6) is 0.116. The van der Waals surface area contributed by atoms with Crippen molar-refractivity contribution in [2.24, 2.45) is 5.92 Å². The van der Waals surface area contributed by atoms with Crippen LogP contribution in [0, 0.1) is 5.92 Å². The standard InChI is InChI=1S/C18H21N3O3S/c1-14-3-2-12-21(13-14)25(23,24)17-6-4-16(5-7-17)20-18(22)15-8-10-19-11-9-15/h4-11,14H,2-3,12-13H2,1H3,(H,20,22). The lowest BCUT2D eigenvalue weighted by molar-refractivity contribution is 0.102. The number of hydrogen-bond donors (Lipinski definition) is 1. The van der Waals surface area contributed by atoms with E-state index in [1.807, 2.05) is 0 Å². The van der Waals surface area contributed by atoms with Gasteiger partial charge >= 0.3 is 0 Å². The molecular weight excluding hydrogens is 338 g/mol. The van der Waals surface area contributed by atoms with Crippen molar-refractivity contribution in [3.05, 3.63) is 54.4 Å². The molecule has 25 heavy (non-hydrogen) atoms. The predicted molar refractivity (Wildman–Crippen MR) is 95.8 cm³/mol. The highest BCUT2D eigenvalue weighted by atomic mass is 32.2. The summed E-state index contributed by atoms with van der Waals surface area (Å²) < 4.78 is 27.0. The Morgan fingerprint density at radius 3 is 2.48 bits per heavy atom. The molecule has 1 aromatic carbocycles. The Bertz CT molecular complexity index is 836. The van der Waals surface area contributed by atoms with Gasteiger partial charge in [-0.2, -0.15) is 4.31 Å². The Morgan fingerprint density at radius 1 is 1.16 bits per heavy atom. The van der Waals surface area contributed by atoms with E-state index >= 15 is 0 Å². The molecule has 1 saturated heterocycles. The Morgan fingerprint density at radius 2 is 1.84 bits per heavy atom. The van der Waals surface area contributed by atoms with E-state index in [-0.39, 0.29) is 10.8 Å². The molecule has 1 amide bonds. The van der Waals surface area contributed by atoms with Crippen LogP contribution in [-0.2, 0) is 10.0 Å². The zero-order valence-corrected chi connectivity index (χ0v) is 14.9. The van der Waals surface area contributed by atoms with Crippen molar-refractivity contribution in [2.45, 2.75) is 24.7 Å². The molecule has 6 nitrogen and oxygen atoms in total. The number of aromatic nitrogens is 1. The molecule has 1 N–H and O–H groups in total. The fraction of sp³-hybridized carbons (Fsp3) is 0.333. The van der Waals surface area contributed by atoms with Gasteiger partial charge in [0.2, 0.25) is 10.0 Å². The van der Waals surface area contributed by atoms with Gasteiger partial charge in [-0.15, -0.1) is 0 Å². The molecule has 0 spiro atoms. The highest BCUT2D eigenvalue weighted by molar-refractivity contribution is 7.89. The Kier molecular flexibility index (Phi) is 5.15. The molecule has 2 aromatic rings. The molecule has 1 aromatic heterocycles. The van der Waals surface area contributed by atoms with Crippen molar-refractivity contribution >= 4 is 21.6 Å². The van der Waals surface area contributed by atoms with Crippen molar-refractivity contribution in [3.63, 3.8) is 0 Å². The number of benzene rings is 1. The van der Waals surface area contributed by atoms with Crippen LogP contribution in [0.25, 0.3) is 0 Å². The number of hydrogen-bond acceptors (Lipinski definition) is 4. The first-order valence-corrected chi connectivity index (χ1v) is 9.72. The van der Waals surface area contributed by atoms with Crippen molar-refractivity contribution in [1.82, 2.24) is 9.29 Å². The molecule has 1 unspecified atom stereocenters. The molecule has 1 aliphatic heterocycles. The van der Waals surface area contributed by atoms with Crippen molar-refractivity contribution in [2.75, 3.05) is 18.4 Å². The summed E-state index contributed by atoms with van der Waals surface area (Å²) in [4.78, 5) is 16.2. The number of sulfonamides is 1. The fourth-order valence-corrected chi connectivity index (χ4v) is 4.53. The molecular formula is C18H21N3O3S. The molecule has 0 bridgehead atoms. The second-order valence-corrected chi connectivity index (χ2v) is 8.26. The maximum atomic E-state index is 12.7. The Hall–Kier alpha value is -2.25. The molecule has 1 fully saturated rings. The molecule has 1 atom stereocenters. The minimum absolute atomic E-state index is 0.253. The van der Waals surface area contributed by atoms with Crippen LogP contribution in [0.4, 0.5) is 5.69 Å². The van der Waals surface area contributed by atoms with Gasteiger partial charge in [-0.1, -0.05) is 6.92 Å². The number of carbonyl (C=O) groups is 1. The van der Waals surface area contributed by atoms with Crippen LogP contribution in [0.3, 0.4) is 0 Å². The summed E-state index contributed by atoms with van der Waals surface area (Å²) in [6, 6.07) is 9.53. The lowest BCUT2D eigenvalue weighted by Crippen LogP contribution is -2.39. The van der Waals surface area contributed by atoms with Crippen LogP contribution in [0.5, 0.6) is 0 Å². The van der Waals surface area contributed by atoms with Gasteiger partial charge in [0.1, 0.15) is 0 Å². The van der Waals surface area contributed by atoms with Crippen molar-refractivity contribution in [3.8, 4) is 0 Å². The third-order valence-electron chi connectivity index (χ3n) is 4.31. The molecule has 7 heteroatoms. The molecule has 0 radical (unpaired) electrons. The highest BCUT2D eigenvalue weighted by Crippen LogP contribution is 2.24. The molecule has 2 heterocycles. The normalized spacial score (nSPS) is 18.7. The van der Waals surface area contributed by atoms with Gasteiger partial charge < -0.3 is 5.32 Å². The molecule has 0 aliphatic carbocycles. The van der Waals surface area contributed by atoms with Crippen LogP contribution < -0.4 is 5.32 Å². The summed E-state index contributed by atoms with van der Waals surface area (Å²) in [5, 5.41) is 2.75. The Balaban J connectivity index is 1.72. The number of anilines is 1. The smallest absolute Gasteiger partial charge is 0.255 e. The first-order chi connectivity index (χ1) is 12.0. The van der Waals surface area contributed by atoms with Crippen LogP contribution in [0.2, 0.25) is 0 Å². The first-order valence-electron chi connectivity index (χ1n) is 8.28. The molecule has 132 valence electrons. The van der Waals surface area contributed by atoms with Crippen molar-refractivity contribution in [1.29, 1.82) is 0 Å². The number of nitrogens with zero attached hydrogens (tertiary/aromatic N) is 2. The van der Waals surface area contributed by atoms with E-state index < -0.39 is 10.0 Å². The quantitative estimate of drug-likeness (QED) is 0.910. The van der Waals surface area contributed by atoms with E-state index in [2.05, 4.69) is 17.2 Å². The number of pyridine rings is 1. The van der Waals surface area contributed by atoms with E-state index in [1.165, 1.54) is 12.1 Å². The van der Waals surface area contributed by atoms with Gasteiger partial charge in [-0.05, 0) is 55.2 Å². The fourth-order valence-electron chi connectivity index (χ4n) is 2.93. The number of rotatable bonds is 4. The maximum absolute atomic E-state index is 12.7. The third kappa shape index (κ3) is 4.05. The van der Waals surface area contributed by atoms with Gasteiger partial charge in [0, 0.05) is 36.7 Å². The number of carbonyl (C=O) groups excluding carboxylic acids is 1. The monoisotopic (exact) mass is 359 g/mol. The number of nitrogens with one attached hydrogen (secondary N) is 1. The average molecular weight is 359 g/mol. The topological polar surface area (TPSA) is 79.4 Å². The van der Waals surface area contributed by atoms with Crippen LogP contribution in [0.1, 0.15) is 30.1 Å². The largest absolute Gasteiger partial charge is 0.322 e. The van der Waals surface area contributed by atoms with E-state index in [0.717, 1.165) is 12.8 Å². The van der Waals surface area contributed by atoms with Gasteiger partial charge in [-0.3, -0.25) is 9.78 Å². The Labute approximate surface area is 147 Å². The zero-order valence-electron chi connectivity index (χ0n) is 14.1. The predicted octanol–water partition coefficient (Wildman–Crippen LogP) is 2.75. The minimum atomic E-state index is -3.48. The summed E-state index contributed by atoms with van der Waals surface area (Å²) in [6.45, 7) is 3.19. The third-order valence-corrected chi connectivity index (χ3v) is 6.19. The lowest BCUT2D eigenvalue weighted by atomic mass is 10.0.